The smallest absolute Gasteiger partial charge is 0.344 e. The lowest BCUT2D eigenvalue weighted by Gasteiger charge is -2.42. The van der Waals surface area contributed by atoms with Gasteiger partial charge in [0.05, 0.1) is 33.3 Å². The molecule has 0 unspecified atom stereocenters. The summed E-state index contributed by atoms with van der Waals surface area (Å²) in [6.07, 6.45) is 0. The lowest BCUT2D eigenvalue weighted by atomic mass is 10.00. The van der Waals surface area contributed by atoms with E-state index in [2.05, 4.69) is 41.5 Å². The molecule has 0 bridgehead atoms. The number of ether oxygens (including phenoxy) is 5. The molecular formula is C27H36O8Si. The molecule has 9 heteroatoms. The van der Waals surface area contributed by atoms with Gasteiger partial charge in [0.25, 0.3) is 0 Å². The number of fused-ring (bicyclic) bond motifs is 5. The summed E-state index contributed by atoms with van der Waals surface area (Å²) in [5.74, 6) is 2.06. The van der Waals surface area contributed by atoms with Crippen LogP contribution in [0.4, 0.5) is 0 Å². The van der Waals surface area contributed by atoms with Crippen LogP contribution in [0.25, 0.3) is 21.7 Å². The van der Waals surface area contributed by atoms with Crippen molar-refractivity contribution in [3.05, 3.63) is 28.1 Å². The Morgan fingerprint density at radius 1 is 0.861 bits per heavy atom. The average molecular weight is 517 g/mol. The van der Waals surface area contributed by atoms with Crippen molar-refractivity contribution in [2.24, 2.45) is 0 Å². The lowest BCUT2D eigenvalue weighted by Crippen LogP contribution is -2.47. The first-order chi connectivity index (χ1) is 17.1. The van der Waals surface area contributed by atoms with Crippen molar-refractivity contribution in [2.75, 3.05) is 28.1 Å². The summed E-state index contributed by atoms with van der Waals surface area (Å²) in [5.41, 5.74) is 1.82. The molecule has 0 atom stereocenters. The lowest BCUT2D eigenvalue weighted by molar-refractivity contribution is 0.173. The van der Waals surface area contributed by atoms with E-state index in [0.717, 1.165) is 5.56 Å². The van der Waals surface area contributed by atoms with Gasteiger partial charge in [-0.2, -0.15) is 0 Å². The summed E-state index contributed by atoms with van der Waals surface area (Å²) in [6, 6.07) is 3.53. The maximum atomic E-state index is 13.2. The molecule has 0 saturated carbocycles. The van der Waals surface area contributed by atoms with Crippen LogP contribution in [-0.4, -0.2) is 36.4 Å². The first kappa shape index (κ1) is 26.2. The number of methoxy groups -OCH3 is 3. The van der Waals surface area contributed by atoms with E-state index < -0.39 is 13.9 Å². The Hall–Kier alpha value is -2.91. The molecule has 1 aliphatic heterocycles. The fourth-order valence-corrected chi connectivity index (χ4v) is 11.4. The molecule has 1 aliphatic rings. The van der Waals surface area contributed by atoms with E-state index in [1.807, 2.05) is 6.07 Å². The van der Waals surface area contributed by atoms with Gasteiger partial charge in [-0.1, -0.05) is 41.5 Å². The summed E-state index contributed by atoms with van der Waals surface area (Å²) < 4.78 is 41.1. The van der Waals surface area contributed by atoms with E-state index in [1.54, 1.807) is 6.07 Å². The minimum Gasteiger partial charge on any atom is -0.493 e. The van der Waals surface area contributed by atoms with Crippen molar-refractivity contribution in [1.82, 2.24) is 0 Å². The van der Waals surface area contributed by atoms with Gasteiger partial charge in [-0.25, -0.2) is 4.79 Å². The second-order valence-corrected chi connectivity index (χ2v) is 15.5. The van der Waals surface area contributed by atoms with Crippen LogP contribution in [-0.2, 0) is 11.0 Å². The quantitative estimate of drug-likeness (QED) is 0.184. The summed E-state index contributed by atoms with van der Waals surface area (Å²) >= 11 is 0. The summed E-state index contributed by atoms with van der Waals surface area (Å²) in [6.45, 7) is 13.9. The predicted molar refractivity (Wildman–Crippen MR) is 142 cm³/mol. The first-order valence-electron chi connectivity index (χ1n) is 12.3. The van der Waals surface area contributed by atoms with Gasteiger partial charge in [0.15, 0.2) is 22.8 Å². The van der Waals surface area contributed by atoms with Crippen LogP contribution in [0.15, 0.2) is 21.3 Å². The Labute approximate surface area is 212 Å². The fourth-order valence-electron chi connectivity index (χ4n) is 5.96. The molecule has 0 amide bonds. The van der Waals surface area contributed by atoms with Crippen LogP contribution < -0.4 is 29.3 Å². The highest BCUT2D eigenvalue weighted by atomic mass is 28.4. The van der Waals surface area contributed by atoms with Crippen LogP contribution >= 0.6 is 0 Å². The number of hydrogen-bond donors (Lipinski definition) is 0. The van der Waals surface area contributed by atoms with E-state index in [9.17, 15) is 4.79 Å². The molecule has 8 nitrogen and oxygen atoms in total. The van der Waals surface area contributed by atoms with Gasteiger partial charge in [-0.15, -0.1) is 0 Å². The summed E-state index contributed by atoms with van der Waals surface area (Å²) in [7, 11) is 2.38. The second kappa shape index (κ2) is 9.86. The standard InChI is InChI=1S/C27H36O8Si/c1-14(2)36(15(3)4,16(5)6)34-12-17-10-20-24(33-13-32-20)26-21(17)22-18(27(28)35-26)11-19(29-7)23(30-8)25(22)31-9/h10-11,14-16H,12-13H2,1-9H3. The Morgan fingerprint density at radius 3 is 2.06 bits per heavy atom. The third-order valence-corrected chi connectivity index (χ3v) is 13.4. The van der Waals surface area contributed by atoms with Crippen LogP contribution in [0.1, 0.15) is 47.1 Å². The minimum absolute atomic E-state index is 0.0439. The molecule has 2 aromatic carbocycles. The van der Waals surface area contributed by atoms with E-state index in [1.165, 1.54) is 21.3 Å². The van der Waals surface area contributed by atoms with Gasteiger partial charge in [0.1, 0.15) is 0 Å². The van der Waals surface area contributed by atoms with Gasteiger partial charge < -0.3 is 32.5 Å². The van der Waals surface area contributed by atoms with Crippen molar-refractivity contribution < 1.29 is 32.5 Å². The number of hydrogen-bond acceptors (Lipinski definition) is 8. The molecule has 0 radical (unpaired) electrons. The number of rotatable bonds is 9. The SMILES string of the molecule is COc1cc2c(=O)oc3c4c(cc(CO[Si](C(C)C)(C(C)C)C(C)C)c3c2c(OC)c1OC)OCO4. The highest BCUT2D eigenvalue weighted by Crippen LogP contribution is 2.50. The zero-order valence-corrected chi connectivity index (χ0v) is 23.6. The molecule has 1 aromatic heterocycles. The molecule has 3 aromatic rings. The molecule has 4 rings (SSSR count). The van der Waals surface area contributed by atoms with Crippen LogP contribution in [0, 0.1) is 0 Å². The Bertz CT molecular complexity index is 1320. The molecule has 0 fully saturated rings. The maximum Gasteiger partial charge on any atom is 0.344 e. The van der Waals surface area contributed by atoms with E-state index in [0.29, 0.717) is 73.7 Å². The van der Waals surface area contributed by atoms with Crippen molar-refractivity contribution in [3.8, 4) is 28.7 Å². The van der Waals surface area contributed by atoms with Crippen molar-refractivity contribution in [3.63, 3.8) is 0 Å². The summed E-state index contributed by atoms with van der Waals surface area (Å²) in [5, 5.41) is 1.55. The van der Waals surface area contributed by atoms with E-state index in [4.69, 9.17) is 32.5 Å². The largest absolute Gasteiger partial charge is 0.493 e. The van der Waals surface area contributed by atoms with E-state index >= 15 is 0 Å². The third kappa shape index (κ3) is 3.89. The van der Waals surface area contributed by atoms with Gasteiger partial charge in [-0.3, -0.25) is 0 Å². The zero-order chi connectivity index (χ0) is 26.4. The van der Waals surface area contributed by atoms with Gasteiger partial charge in [0.2, 0.25) is 26.6 Å². The van der Waals surface area contributed by atoms with Crippen molar-refractivity contribution in [2.45, 2.75) is 64.8 Å². The Morgan fingerprint density at radius 2 is 1.50 bits per heavy atom. The predicted octanol–water partition coefficient (Wildman–Crippen LogP) is 6.39. The topological polar surface area (TPSA) is 85.6 Å². The third-order valence-electron chi connectivity index (χ3n) is 7.38. The maximum absolute atomic E-state index is 13.2. The molecule has 0 saturated heterocycles. The van der Waals surface area contributed by atoms with Crippen LogP contribution in [0.5, 0.6) is 28.7 Å². The highest BCUT2D eigenvalue weighted by Gasteiger charge is 2.45. The molecule has 0 N–H and O–H groups in total. The van der Waals surface area contributed by atoms with Crippen LogP contribution in [0.2, 0.25) is 16.6 Å². The summed E-state index contributed by atoms with van der Waals surface area (Å²) in [4.78, 5) is 13.2. The minimum atomic E-state index is -2.20. The van der Waals surface area contributed by atoms with Crippen molar-refractivity contribution >= 4 is 30.1 Å². The molecule has 0 aliphatic carbocycles. The fraction of sp³-hybridized carbons (Fsp3) is 0.519. The highest BCUT2D eigenvalue weighted by molar-refractivity contribution is 6.77. The van der Waals surface area contributed by atoms with Gasteiger partial charge in [0, 0.05) is 10.8 Å². The Kier molecular flexibility index (Phi) is 7.16. The molecule has 196 valence electrons. The molecule has 2 heterocycles. The van der Waals surface area contributed by atoms with Gasteiger partial charge >= 0.3 is 5.63 Å². The van der Waals surface area contributed by atoms with E-state index in [-0.39, 0.29) is 6.79 Å². The monoisotopic (exact) mass is 516 g/mol. The zero-order valence-electron chi connectivity index (χ0n) is 22.6. The first-order valence-corrected chi connectivity index (χ1v) is 14.4. The second-order valence-electron chi connectivity index (χ2n) is 10.0. The average Bonchev–Trinajstić information content (AvgIpc) is 3.31. The Balaban J connectivity index is 2.07. The molecule has 0 spiro atoms. The van der Waals surface area contributed by atoms with Gasteiger partial charge in [-0.05, 0) is 34.3 Å². The van der Waals surface area contributed by atoms with Crippen molar-refractivity contribution in [1.29, 1.82) is 0 Å². The molecular weight excluding hydrogens is 480 g/mol. The normalized spacial score (nSPS) is 13.4. The van der Waals surface area contributed by atoms with Crippen LogP contribution in [0.3, 0.4) is 0 Å². The number of benzene rings is 2. The molecule has 36 heavy (non-hydrogen) atoms.